The topological polar surface area (TPSA) is 97.6 Å². The lowest BCUT2D eigenvalue weighted by molar-refractivity contribution is -0.142. The number of ether oxygens (including phenoxy) is 1. The predicted molar refractivity (Wildman–Crippen MR) is 89.7 cm³/mol. The number of aromatic nitrogens is 3. The SMILES string of the molecule is O=C(N[C@H]1COc2cc(F)cc(F)c2NC1=O)c1nc2cccc(C(F)(F)F)n2n1. The molecule has 0 radical (unpaired) electrons. The molecule has 156 valence electrons. The average molecular weight is 427 g/mol. The van der Waals surface area contributed by atoms with Crippen LogP contribution in [0.1, 0.15) is 16.3 Å². The highest BCUT2D eigenvalue weighted by Gasteiger charge is 2.35. The van der Waals surface area contributed by atoms with E-state index in [2.05, 4.69) is 20.7 Å². The molecule has 1 aliphatic rings. The summed E-state index contributed by atoms with van der Waals surface area (Å²) in [6.45, 7) is -0.491. The van der Waals surface area contributed by atoms with E-state index >= 15 is 0 Å². The molecular formula is C17H10F5N5O3. The van der Waals surface area contributed by atoms with E-state index in [0.29, 0.717) is 10.6 Å². The zero-order valence-electron chi connectivity index (χ0n) is 14.6. The van der Waals surface area contributed by atoms with Gasteiger partial charge in [0, 0.05) is 12.1 Å². The van der Waals surface area contributed by atoms with Crippen molar-refractivity contribution >= 4 is 23.1 Å². The average Bonchev–Trinajstić information content (AvgIpc) is 3.04. The smallest absolute Gasteiger partial charge is 0.433 e. The van der Waals surface area contributed by atoms with Gasteiger partial charge in [0.25, 0.3) is 11.8 Å². The summed E-state index contributed by atoms with van der Waals surface area (Å²) in [4.78, 5) is 28.4. The fourth-order valence-electron chi connectivity index (χ4n) is 2.79. The number of benzene rings is 1. The van der Waals surface area contributed by atoms with E-state index in [-0.39, 0.29) is 11.4 Å². The molecule has 0 saturated heterocycles. The summed E-state index contributed by atoms with van der Waals surface area (Å²) in [5, 5.41) is 7.92. The lowest BCUT2D eigenvalue weighted by Crippen LogP contribution is -2.46. The third kappa shape index (κ3) is 3.49. The number of fused-ring (bicyclic) bond motifs is 2. The van der Waals surface area contributed by atoms with Crippen molar-refractivity contribution in [2.24, 2.45) is 0 Å². The number of carbonyl (C=O) groups excluding carboxylic acids is 2. The molecule has 2 amide bonds. The molecule has 2 N–H and O–H groups in total. The number of pyridine rings is 1. The van der Waals surface area contributed by atoms with E-state index in [1.54, 1.807) is 0 Å². The van der Waals surface area contributed by atoms with Crippen LogP contribution < -0.4 is 15.4 Å². The zero-order chi connectivity index (χ0) is 21.6. The Kier molecular flexibility index (Phi) is 4.51. The fourth-order valence-corrected chi connectivity index (χ4v) is 2.79. The van der Waals surface area contributed by atoms with E-state index in [9.17, 15) is 31.5 Å². The van der Waals surface area contributed by atoms with E-state index < -0.39 is 59.5 Å². The van der Waals surface area contributed by atoms with Gasteiger partial charge in [-0.2, -0.15) is 13.2 Å². The van der Waals surface area contributed by atoms with Gasteiger partial charge in [-0.05, 0) is 12.1 Å². The summed E-state index contributed by atoms with van der Waals surface area (Å²) in [7, 11) is 0. The minimum absolute atomic E-state index is 0.235. The van der Waals surface area contributed by atoms with Gasteiger partial charge >= 0.3 is 6.18 Å². The van der Waals surface area contributed by atoms with Crippen molar-refractivity contribution in [3.05, 3.63) is 53.5 Å². The predicted octanol–water partition coefficient (Wildman–Crippen LogP) is 2.16. The molecule has 1 aromatic carbocycles. The minimum atomic E-state index is -4.74. The Morgan fingerprint density at radius 1 is 1.27 bits per heavy atom. The first-order chi connectivity index (χ1) is 14.1. The van der Waals surface area contributed by atoms with Crippen LogP contribution in [0.15, 0.2) is 30.3 Å². The summed E-state index contributed by atoms with van der Waals surface area (Å²) in [6, 6.07) is 3.10. The lowest BCUT2D eigenvalue weighted by atomic mass is 10.2. The monoisotopic (exact) mass is 427 g/mol. The molecule has 3 aromatic rings. The van der Waals surface area contributed by atoms with Crippen molar-refractivity contribution in [1.82, 2.24) is 19.9 Å². The zero-order valence-corrected chi connectivity index (χ0v) is 14.6. The fraction of sp³-hybridized carbons (Fsp3) is 0.176. The second-order valence-electron chi connectivity index (χ2n) is 6.20. The van der Waals surface area contributed by atoms with Crippen LogP contribution in [0.3, 0.4) is 0 Å². The van der Waals surface area contributed by atoms with Gasteiger partial charge in [0.05, 0.1) is 0 Å². The Hall–Kier alpha value is -3.77. The van der Waals surface area contributed by atoms with Crippen molar-refractivity contribution < 1.29 is 36.3 Å². The molecule has 13 heteroatoms. The van der Waals surface area contributed by atoms with Gasteiger partial charge in [-0.15, -0.1) is 5.10 Å². The summed E-state index contributed by atoms with van der Waals surface area (Å²) in [5.74, 6) is -4.86. The molecule has 0 unspecified atom stereocenters. The first kappa shape index (κ1) is 19.5. The van der Waals surface area contributed by atoms with Crippen molar-refractivity contribution in [2.45, 2.75) is 12.2 Å². The Balaban J connectivity index is 1.57. The maximum Gasteiger partial charge on any atom is 0.433 e. The van der Waals surface area contributed by atoms with Crippen LogP contribution in [-0.4, -0.2) is 39.1 Å². The van der Waals surface area contributed by atoms with Gasteiger partial charge in [-0.25, -0.2) is 18.3 Å². The van der Waals surface area contributed by atoms with Crippen LogP contribution in [0.25, 0.3) is 5.65 Å². The van der Waals surface area contributed by atoms with Crippen molar-refractivity contribution in [3.63, 3.8) is 0 Å². The second-order valence-corrected chi connectivity index (χ2v) is 6.20. The number of hydrogen-bond acceptors (Lipinski definition) is 5. The molecule has 0 fully saturated rings. The molecule has 0 bridgehead atoms. The normalized spacial score (nSPS) is 16.4. The van der Waals surface area contributed by atoms with Crippen molar-refractivity contribution in [1.29, 1.82) is 0 Å². The van der Waals surface area contributed by atoms with Crippen molar-refractivity contribution in [2.75, 3.05) is 11.9 Å². The molecule has 2 aromatic heterocycles. The standard InChI is InChI=1S/C17H10F5N5O3/c18-7-4-8(19)13-10(5-7)30-6-9(15(28)25-13)23-16(29)14-24-12-3-1-2-11(17(20,21)22)27(12)26-14/h1-5,9H,6H2,(H,23,29)(H,25,28)/t9-/m0/s1. The molecule has 1 aliphatic heterocycles. The first-order valence-electron chi connectivity index (χ1n) is 8.30. The molecule has 0 saturated carbocycles. The van der Waals surface area contributed by atoms with Gasteiger partial charge in [0.1, 0.15) is 35.6 Å². The van der Waals surface area contributed by atoms with Crippen molar-refractivity contribution in [3.8, 4) is 5.75 Å². The van der Waals surface area contributed by atoms with E-state index in [0.717, 1.165) is 18.2 Å². The largest absolute Gasteiger partial charge is 0.488 e. The minimum Gasteiger partial charge on any atom is -0.488 e. The third-order valence-electron chi connectivity index (χ3n) is 4.15. The quantitative estimate of drug-likeness (QED) is 0.611. The summed E-state index contributed by atoms with van der Waals surface area (Å²) >= 11 is 0. The van der Waals surface area contributed by atoms with Gasteiger partial charge in [-0.1, -0.05) is 6.07 Å². The van der Waals surface area contributed by atoms with Gasteiger partial charge < -0.3 is 15.4 Å². The highest BCUT2D eigenvalue weighted by Crippen LogP contribution is 2.31. The maximum absolute atomic E-state index is 13.9. The Morgan fingerprint density at radius 2 is 2.03 bits per heavy atom. The van der Waals surface area contributed by atoms with Crippen LogP contribution >= 0.6 is 0 Å². The van der Waals surface area contributed by atoms with E-state index in [4.69, 9.17) is 4.74 Å². The van der Waals surface area contributed by atoms with Crippen LogP contribution in [-0.2, 0) is 11.0 Å². The molecular weight excluding hydrogens is 417 g/mol. The molecule has 8 nitrogen and oxygen atoms in total. The molecule has 3 heterocycles. The number of nitrogens with zero attached hydrogens (tertiary/aromatic N) is 3. The lowest BCUT2D eigenvalue weighted by Gasteiger charge is -2.13. The van der Waals surface area contributed by atoms with Crippen LogP contribution in [0.2, 0.25) is 0 Å². The number of anilines is 1. The highest BCUT2D eigenvalue weighted by atomic mass is 19.4. The highest BCUT2D eigenvalue weighted by molar-refractivity contribution is 6.01. The molecule has 4 rings (SSSR count). The number of hydrogen-bond donors (Lipinski definition) is 2. The van der Waals surface area contributed by atoms with Crippen LogP contribution in [0.5, 0.6) is 5.75 Å². The van der Waals surface area contributed by atoms with E-state index in [1.165, 1.54) is 6.07 Å². The van der Waals surface area contributed by atoms with Gasteiger partial charge in [0.15, 0.2) is 11.5 Å². The molecule has 0 aliphatic carbocycles. The van der Waals surface area contributed by atoms with Gasteiger partial charge in [0.2, 0.25) is 5.82 Å². The number of rotatable bonds is 2. The molecule has 30 heavy (non-hydrogen) atoms. The molecule has 1 atom stereocenters. The number of alkyl halides is 3. The van der Waals surface area contributed by atoms with Crippen LogP contribution in [0.4, 0.5) is 27.6 Å². The van der Waals surface area contributed by atoms with Gasteiger partial charge in [-0.3, -0.25) is 9.59 Å². The van der Waals surface area contributed by atoms with E-state index in [1.807, 2.05) is 0 Å². The Bertz CT molecular complexity index is 1180. The summed E-state index contributed by atoms with van der Waals surface area (Å²) in [6.07, 6.45) is -4.74. The maximum atomic E-state index is 13.9. The number of amides is 2. The Labute approximate surface area is 163 Å². The first-order valence-corrected chi connectivity index (χ1v) is 8.30. The number of carbonyl (C=O) groups is 2. The summed E-state index contributed by atoms with van der Waals surface area (Å²) in [5.41, 5.74) is -1.78. The second kappa shape index (κ2) is 6.93. The third-order valence-corrected chi connectivity index (χ3v) is 4.15. The summed E-state index contributed by atoms with van der Waals surface area (Å²) < 4.78 is 72.0. The molecule has 0 spiro atoms. The number of nitrogens with one attached hydrogen (secondary N) is 2. The Morgan fingerprint density at radius 3 is 2.77 bits per heavy atom. The number of halogens is 5. The van der Waals surface area contributed by atoms with Crippen LogP contribution in [0, 0.1) is 11.6 Å².